The van der Waals surface area contributed by atoms with Crippen LogP contribution in [-0.2, 0) is 4.84 Å². The van der Waals surface area contributed by atoms with Crippen molar-refractivity contribution in [3.63, 3.8) is 0 Å². The molecule has 0 aromatic carbocycles. The highest BCUT2D eigenvalue weighted by Crippen LogP contribution is 2.69. The molecule has 0 aliphatic heterocycles. The first kappa shape index (κ1) is 25.2. The molecule has 4 fully saturated rings. The number of nitrogens with one attached hydrogen (secondary N) is 3. The fraction of sp³-hybridized carbons (Fsp3) is 0.962. The Hall–Kier alpha value is -0.890. The summed E-state index contributed by atoms with van der Waals surface area (Å²) in [5.41, 5.74) is 8.20. The number of hydrogen-bond acceptors (Lipinski definition) is 5. The number of aliphatic hydroxyl groups excluding tert-OH is 1. The smallest absolute Gasteiger partial charge is 0.185 e. The van der Waals surface area contributed by atoms with Crippen LogP contribution in [-0.4, -0.2) is 47.6 Å². The zero-order chi connectivity index (χ0) is 23.7. The maximum atomic E-state index is 12.2. The first-order valence-electron chi connectivity index (χ1n) is 13.5. The minimum Gasteiger partial charge on any atom is -0.393 e. The third kappa shape index (κ3) is 4.67. The zero-order valence-corrected chi connectivity index (χ0v) is 20.9. The Balaban J connectivity index is 1.27. The second-order valence-electron chi connectivity index (χ2n) is 12.1. The van der Waals surface area contributed by atoms with Crippen molar-refractivity contribution in [1.29, 1.82) is 5.41 Å². The van der Waals surface area contributed by atoms with Crippen LogP contribution < -0.4 is 16.5 Å². The van der Waals surface area contributed by atoms with Crippen LogP contribution in [0.2, 0.25) is 0 Å². The molecule has 0 amide bonds. The Kier molecular flexibility index (Phi) is 7.64. The molecule has 0 heterocycles. The van der Waals surface area contributed by atoms with Crippen molar-refractivity contribution in [3.8, 4) is 0 Å². The lowest BCUT2D eigenvalue weighted by atomic mass is 9.43. The van der Waals surface area contributed by atoms with E-state index < -0.39 is 5.60 Å². The minimum atomic E-state index is -0.533. The average Bonchev–Trinajstić information content (AvgIpc) is 3.04. The average molecular weight is 465 g/mol. The molecule has 8 atom stereocenters. The number of guanidine groups is 1. The highest BCUT2D eigenvalue weighted by Gasteiger charge is 2.66. The van der Waals surface area contributed by atoms with E-state index >= 15 is 0 Å². The summed E-state index contributed by atoms with van der Waals surface area (Å²) in [6, 6.07) is 0. The van der Waals surface area contributed by atoms with Gasteiger partial charge in [-0.15, -0.1) is 0 Å². The number of hydroxylamine groups is 1. The zero-order valence-electron chi connectivity index (χ0n) is 20.9. The summed E-state index contributed by atoms with van der Waals surface area (Å²) < 4.78 is 0. The van der Waals surface area contributed by atoms with Crippen LogP contribution in [0, 0.1) is 39.9 Å². The van der Waals surface area contributed by atoms with Crippen LogP contribution in [0.5, 0.6) is 0 Å². The van der Waals surface area contributed by atoms with Crippen molar-refractivity contribution in [3.05, 3.63) is 0 Å². The molecule has 33 heavy (non-hydrogen) atoms. The highest BCUT2D eigenvalue weighted by molar-refractivity contribution is 5.74. The van der Waals surface area contributed by atoms with Gasteiger partial charge in [-0.1, -0.05) is 13.8 Å². The molecule has 0 aromatic rings. The van der Waals surface area contributed by atoms with Gasteiger partial charge in [0.25, 0.3) is 0 Å². The Labute approximate surface area is 200 Å². The van der Waals surface area contributed by atoms with Gasteiger partial charge < -0.3 is 26.1 Å². The fourth-order valence-corrected chi connectivity index (χ4v) is 8.68. The second kappa shape index (κ2) is 10.00. The molecule has 4 rings (SSSR count). The molecule has 7 nitrogen and oxygen atoms in total. The Morgan fingerprint density at radius 3 is 2.64 bits per heavy atom. The molecule has 0 bridgehead atoms. The topological polar surface area (TPSA) is 124 Å². The molecule has 4 saturated carbocycles. The summed E-state index contributed by atoms with van der Waals surface area (Å²) in [5, 5.41) is 32.4. The molecular formula is C26H48N4O3. The van der Waals surface area contributed by atoms with Crippen LogP contribution in [0.15, 0.2) is 0 Å². The molecule has 4 aliphatic carbocycles. The van der Waals surface area contributed by atoms with E-state index in [1.165, 1.54) is 12.8 Å². The number of fused-ring (bicyclic) bond motifs is 5. The van der Waals surface area contributed by atoms with Gasteiger partial charge in [0, 0.05) is 13.1 Å². The van der Waals surface area contributed by atoms with Crippen LogP contribution >= 0.6 is 0 Å². The van der Waals surface area contributed by atoms with Gasteiger partial charge in [-0.3, -0.25) is 5.41 Å². The monoisotopic (exact) mass is 464 g/mol. The molecule has 0 radical (unpaired) electrons. The highest BCUT2D eigenvalue weighted by atomic mass is 16.6. The number of hydrogen-bond donors (Lipinski definition) is 6. The van der Waals surface area contributed by atoms with E-state index in [0.717, 1.165) is 70.8 Å². The minimum absolute atomic E-state index is 0.00554. The molecular weight excluding hydrogens is 416 g/mol. The maximum Gasteiger partial charge on any atom is 0.185 e. The maximum absolute atomic E-state index is 12.2. The van der Waals surface area contributed by atoms with Gasteiger partial charge in [0.05, 0.1) is 18.3 Å². The number of nitrogens with two attached hydrogens (primary N) is 1. The normalized spacial score (nSPS) is 44.5. The van der Waals surface area contributed by atoms with Gasteiger partial charge in [-0.05, 0) is 112 Å². The SMILES string of the molecule is C[C@]12CCC(O)CC1CC[C@@H]1[C@@H]2CC[C@]2(C)[C@@H](CCNOCCCCNC(=N)N)CC[C@@]12O. The van der Waals surface area contributed by atoms with Crippen LogP contribution in [0.1, 0.15) is 90.9 Å². The summed E-state index contributed by atoms with van der Waals surface area (Å²) in [4.78, 5) is 5.62. The summed E-state index contributed by atoms with van der Waals surface area (Å²) >= 11 is 0. The quantitative estimate of drug-likeness (QED) is 0.135. The van der Waals surface area contributed by atoms with E-state index in [1.54, 1.807) is 0 Å². The first-order chi connectivity index (χ1) is 15.7. The van der Waals surface area contributed by atoms with Crippen molar-refractivity contribution in [2.75, 3.05) is 19.7 Å². The molecule has 0 saturated heterocycles. The second-order valence-corrected chi connectivity index (χ2v) is 12.1. The Morgan fingerprint density at radius 2 is 1.85 bits per heavy atom. The molecule has 7 heteroatoms. The van der Waals surface area contributed by atoms with Crippen LogP contribution in [0.4, 0.5) is 0 Å². The number of aliphatic hydroxyl groups is 2. The van der Waals surface area contributed by atoms with Gasteiger partial charge in [-0.2, -0.15) is 0 Å². The third-order valence-electron chi connectivity index (χ3n) is 10.7. The van der Waals surface area contributed by atoms with E-state index in [4.69, 9.17) is 16.0 Å². The van der Waals surface area contributed by atoms with Gasteiger partial charge in [-0.25, -0.2) is 5.48 Å². The lowest BCUT2D eigenvalue weighted by Crippen LogP contribution is -2.62. The molecule has 190 valence electrons. The van der Waals surface area contributed by atoms with Crippen molar-refractivity contribution >= 4 is 5.96 Å². The number of rotatable bonds is 9. The molecule has 0 spiro atoms. The number of unbranched alkanes of at least 4 members (excludes halogenated alkanes) is 1. The predicted molar refractivity (Wildman–Crippen MR) is 130 cm³/mol. The van der Waals surface area contributed by atoms with Gasteiger partial charge in [0.15, 0.2) is 5.96 Å². The first-order valence-corrected chi connectivity index (χ1v) is 13.5. The van der Waals surface area contributed by atoms with Gasteiger partial charge >= 0.3 is 0 Å². The van der Waals surface area contributed by atoms with E-state index in [2.05, 4.69) is 24.6 Å². The molecule has 7 N–H and O–H groups in total. The van der Waals surface area contributed by atoms with Crippen molar-refractivity contribution in [2.24, 2.45) is 40.2 Å². The Morgan fingerprint density at radius 1 is 1.03 bits per heavy atom. The molecule has 0 aromatic heterocycles. The summed E-state index contributed by atoms with van der Waals surface area (Å²) in [6.45, 7) is 7.05. The largest absolute Gasteiger partial charge is 0.393 e. The lowest BCUT2D eigenvalue weighted by Gasteiger charge is -2.63. The van der Waals surface area contributed by atoms with Crippen molar-refractivity contribution in [1.82, 2.24) is 10.8 Å². The fourth-order valence-electron chi connectivity index (χ4n) is 8.68. The van der Waals surface area contributed by atoms with Crippen molar-refractivity contribution < 1.29 is 15.1 Å². The van der Waals surface area contributed by atoms with E-state index in [9.17, 15) is 10.2 Å². The Bertz CT molecular complexity index is 692. The van der Waals surface area contributed by atoms with Gasteiger partial charge in [0.1, 0.15) is 0 Å². The lowest BCUT2D eigenvalue weighted by molar-refractivity contribution is -0.210. The summed E-state index contributed by atoms with van der Waals surface area (Å²) in [5.74, 6) is 2.23. The van der Waals surface area contributed by atoms with E-state index in [1.807, 2.05) is 0 Å². The summed E-state index contributed by atoms with van der Waals surface area (Å²) in [6.07, 6.45) is 12.6. The van der Waals surface area contributed by atoms with Crippen molar-refractivity contribution in [2.45, 2.75) is 103 Å². The van der Waals surface area contributed by atoms with E-state index in [0.29, 0.717) is 42.2 Å². The van der Waals surface area contributed by atoms with Crippen LogP contribution in [0.25, 0.3) is 0 Å². The summed E-state index contributed by atoms with van der Waals surface area (Å²) in [7, 11) is 0. The van der Waals surface area contributed by atoms with E-state index in [-0.39, 0.29) is 17.5 Å². The standard InChI is InChI=1S/C26H48N4O3/c1-24-11-8-20(31)17-19(24)5-6-22-21(24)9-12-25(2)18(7-13-26(22,25)32)10-15-30-33-16-4-3-14-29-23(27)28/h18-22,30-32H,3-17H2,1-2H3,(H4,27,28,29)/t18-,19?,20?,21+,22-,24+,25-,26-/m1/s1. The van der Waals surface area contributed by atoms with Gasteiger partial charge in [0.2, 0.25) is 0 Å². The molecule has 4 aliphatic rings. The molecule has 2 unspecified atom stereocenters. The predicted octanol–water partition coefficient (Wildman–Crippen LogP) is 3.30. The van der Waals surface area contributed by atoms with Crippen LogP contribution in [0.3, 0.4) is 0 Å². The third-order valence-corrected chi connectivity index (χ3v) is 10.7.